The van der Waals surface area contributed by atoms with E-state index in [0.717, 1.165) is 12.8 Å². The van der Waals surface area contributed by atoms with Crippen LogP contribution in [0, 0.1) is 17.3 Å². The first-order valence-corrected chi connectivity index (χ1v) is 12.1. The van der Waals surface area contributed by atoms with E-state index < -0.39 is 5.60 Å². The normalized spacial score (nSPS) is 13.9. The molecule has 0 aromatic carbocycles. The van der Waals surface area contributed by atoms with Crippen molar-refractivity contribution in [3.8, 4) is 0 Å². The molecule has 0 atom stereocenters. The van der Waals surface area contributed by atoms with E-state index in [1.807, 2.05) is 13.8 Å². The van der Waals surface area contributed by atoms with Crippen LogP contribution in [-0.2, 0) is 19.0 Å². The first kappa shape index (κ1) is 30.4. The first-order chi connectivity index (χ1) is 13.9. The number of hydrogen-bond acceptors (Lipinski definition) is 4. The van der Waals surface area contributed by atoms with Crippen LogP contribution in [0.4, 0.5) is 0 Å². The van der Waals surface area contributed by atoms with Crippen molar-refractivity contribution in [3.63, 3.8) is 0 Å². The van der Waals surface area contributed by atoms with Crippen molar-refractivity contribution < 1.29 is 19.0 Å². The van der Waals surface area contributed by atoms with Crippen molar-refractivity contribution in [2.24, 2.45) is 17.3 Å². The molecule has 0 aliphatic heterocycles. The third-order valence-corrected chi connectivity index (χ3v) is 6.87. The summed E-state index contributed by atoms with van der Waals surface area (Å²) in [6.45, 7) is 28.0. The molecule has 0 aliphatic carbocycles. The number of hydrogen-bond donors (Lipinski definition) is 1. The van der Waals surface area contributed by atoms with Gasteiger partial charge in [0.2, 0.25) is 5.91 Å². The Bertz CT molecular complexity index is 522. The van der Waals surface area contributed by atoms with Crippen LogP contribution in [-0.4, -0.2) is 49.1 Å². The minimum atomic E-state index is -0.474. The molecule has 0 radical (unpaired) electrons. The molecule has 31 heavy (non-hydrogen) atoms. The number of rotatable bonds is 16. The summed E-state index contributed by atoms with van der Waals surface area (Å²) >= 11 is 0. The maximum Gasteiger partial charge on any atom is 0.222 e. The van der Waals surface area contributed by atoms with E-state index in [9.17, 15) is 4.79 Å². The van der Waals surface area contributed by atoms with Crippen LogP contribution < -0.4 is 5.32 Å². The van der Waals surface area contributed by atoms with Crippen LogP contribution >= 0.6 is 0 Å². The second kappa shape index (κ2) is 12.6. The maximum absolute atomic E-state index is 12.3. The van der Waals surface area contributed by atoms with E-state index in [1.54, 1.807) is 0 Å². The van der Waals surface area contributed by atoms with Crippen LogP contribution in [0.1, 0.15) is 102 Å². The minimum absolute atomic E-state index is 0.00320. The predicted molar refractivity (Wildman–Crippen MR) is 130 cm³/mol. The minimum Gasteiger partial charge on any atom is -0.375 e. The van der Waals surface area contributed by atoms with Crippen LogP contribution in [0.3, 0.4) is 0 Å². The second-order valence-electron chi connectivity index (χ2n) is 12.0. The Hall–Kier alpha value is -0.650. The summed E-state index contributed by atoms with van der Waals surface area (Å²) in [6.07, 6.45) is 2.14. The molecule has 0 aromatic rings. The molecule has 0 saturated heterocycles. The van der Waals surface area contributed by atoms with Gasteiger partial charge in [0.1, 0.15) is 0 Å². The SMILES string of the molecule is CC(C)C(C)(C)CCOC(C)(C)CC(=O)NCCOC(C)(C)CCOC(C)(C)C(C)C. The summed E-state index contributed by atoms with van der Waals surface area (Å²) in [6, 6.07) is 0. The van der Waals surface area contributed by atoms with Gasteiger partial charge in [-0.15, -0.1) is 0 Å². The van der Waals surface area contributed by atoms with E-state index in [4.69, 9.17) is 14.2 Å². The Morgan fingerprint density at radius 1 is 0.710 bits per heavy atom. The maximum atomic E-state index is 12.3. The quantitative estimate of drug-likeness (QED) is 0.297. The van der Waals surface area contributed by atoms with Crippen molar-refractivity contribution in [2.45, 2.75) is 119 Å². The Morgan fingerprint density at radius 2 is 1.23 bits per heavy atom. The lowest BCUT2D eigenvalue weighted by Gasteiger charge is -2.32. The molecule has 0 aliphatic rings. The molecular weight excluding hydrogens is 390 g/mol. The lowest BCUT2D eigenvalue weighted by Crippen LogP contribution is -2.38. The molecule has 0 heterocycles. The molecular formula is C26H53NO4. The highest BCUT2D eigenvalue weighted by atomic mass is 16.5. The Balaban J connectivity index is 4.16. The third kappa shape index (κ3) is 13.5. The molecule has 0 saturated carbocycles. The summed E-state index contributed by atoms with van der Waals surface area (Å²) in [5, 5.41) is 2.96. The summed E-state index contributed by atoms with van der Waals surface area (Å²) in [5.41, 5.74) is -0.664. The molecule has 186 valence electrons. The molecule has 0 spiro atoms. The standard InChI is InChI=1S/C26H53NO4/c1-20(2)23(5,6)13-16-29-25(9,10)19-22(28)27-15-18-30-24(7,8)14-17-31-26(11,12)21(3)4/h20-21H,13-19H2,1-12H3,(H,27,28). The van der Waals surface area contributed by atoms with Gasteiger partial charge in [0.05, 0.1) is 36.4 Å². The highest BCUT2D eigenvalue weighted by molar-refractivity contribution is 5.76. The fourth-order valence-corrected chi connectivity index (χ4v) is 2.70. The van der Waals surface area contributed by atoms with Crippen LogP contribution in [0.5, 0.6) is 0 Å². The van der Waals surface area contributed by atoms with Crippen molar-refractivity contribution >= 4 is 5.91 Å². The van der Waals surface area contributed by atoms with Crippen LogP contribution in [0.2, 0.25) is 0 Å². The molecule has 5 heteroatoms. The van der Waals surface area contributed by atoms with Crippen molar-refractivity contribution in [2.75, 3.05) is 26.4 Å². The van der Waals surface area contributed by atoms with E-state index in [1.165, 1.54) is 0 Å². The molecule has 0 rings (SSSR count). The summed E-state index contributed by atoms with van der Waals surface area (Å²) in [4.78, 5) is 12.3. The molecule has 1 N–H and O–H groups in total. The summed E-state index contributed by atoms with van der Waals surface area (Å²) in [5.74, 6) is 1.05. The lowest BCUT2D eigenvalue weighted by atomic mass is 9.78. The first-order valence-electron chi connectivity index (χ1n) is 12.1. The number of ether oxygens (including phenoxy) is 3. The largest absolute Gasteiger partial charge is 0.375 e. The number of amides is 1. The van der Waals surface area contributed by atoms with Gasteiger partial charge >= 0.3 is 0 Å². The van der Waals surface area contributed by atoms with Gasteiger partial charge in [0, 0.05) is 13.2 Å². The summed E-state index contributed by atoms with van der Waals surface area (Å²) < 4.78 is 18.0. The van der Waals surface area contributed by atoms with Crippen molar-refractivity contribution in [3.05, 3.63) is 0 Å². The van der Waals surface area contributed by atoms with Gasteiger partial charge < -0.3 is 19.5 Å². The Labute approximate surface area is 193 Å². The zero-order chi connectivity index (χ0) is 24.5. The number of nitrogens with one attached hydrogen (secondary N) is 1. The van der Waals surface area contributed by atoms with E-state index in [0.29, 0.717) is 44.6 Å². The Kier molecular flexibility index (Phi) is 12.3. The average Bonchev–Trinajstić information content (AvgIpc) is 2.57. The van der Waals surface area contributed by atoms with Gasteiger partial charge in [-0.2, -0.15) is 0 Å². The predicted octanol–water partition coefficient (Wildman–Crippen LogP) is 6.00. The molecule has 0 fully saturated rings. The van der Waals surface area contributed by atoms with Gasteiger partial charge in [0.25, 0.3) is 0 Å². The fraction of sp³-hybridized carbons (Fsp3) is 0.962. The number of carbonyl (C=O) groups is 1. The third-order valence-electron chi connectivity index (χ3n) is 6.87. The van der Waals surface area contributed by atoms with E-state index in [2.05, 4.69) is 74.6 Å². The monoisotopic (exact) mass is 443 g/mol. The van der Waals surface area contributed by atoms with E-state index >= 15 is 0 Å². The highest BCUT2D eigenvalue weighted by Gasteiger charge is 2.27. The van der Waals surface area contributed by atoms with Crippen LogP contribution in [0.25, 0.3) is 0 Å². The zero-order valence-corrected chi connectivity index (χ0v) is 22.7. The van der Waals surface area contributed by atoms with Gasteiger partial charge in [-0.1, -0.05) is 41.5 Å². The summed E-state index contributed by atoms with van der Waals surface area (Å²) in [7, 11) is 0. The zero-order valence-electron chi connectivity index (χ0n) is 22.7. The molecule has 1 amide bonds. The second-order valence-corrected chi connectivity index (χ2v) is 12.0. The Morgan fingerprint density at radius 3 is 1.74 bits per heavy atom. The van der Waals surface area contributed by atoms with Gasteiger partial charge in [-0.25, -0.2) is 0 Å². The van der Waals surface area contributed by atoms with Crippen LogP contribution in [0.15, 0.2) is 0 Å². The topological polar surface area (TPSA) is 56.8 Å². The smallest absolute Gasteiger partial charge is 0.222 e. The molecule has 0 unspecified atom stereocenters. The molecule has 0 aromatic heterocycles. The van der Waals surface area contributed by atoms with Crippen molar-refractivity contribution in [1.82, 2.24) is 5.32 Å². The van der Waals surface area contributed by atoms with E-state index in [-0.39, 0.29) is 22.5 Å². The molecule has 5 nitrogen and oxygen atoms in total. The fourth-order valence-electron chi connectivity index (χ4n) is 2.70. The highest BCUT2D eigenvalue weighted by Crippen LogP contribution is 2.30. The van der Waals surface area contributed by atoms with Gasteiger partial charge in [0.15, 0.2) is 0 Å². The average molecular weight is 444 g/mol. The lowest BCUT2D eigenvalue weighted by molar-refractivity contribution is -0.129. The van der Waals surface area contributed by atoms with Gasteiger partial charge in [-0.3, -0.25) is 4.79 Å². The van der Waals surface area contributed by atoms with Crippen molar-refractivity contribution in [1.29, 1.82) is 0 Å². The molecule has 0 bridgehead atoms. The van der Waals surface area contributed by atoms with Gasteiger partial charge in [-0.05, 0) is 71.6 Å². The number of carbonyl (C=O) groups excluding carboxylic acids is 1.